The van der Waals surface area contributed by atoms with Gasteiger partial charge in [-0.25, -0.2) is 17.5 Å². The van der Waals surface area contributed by atoms with Crippen molar-refractivity contribution in [1.29, 1.82) is 0 Å². The van der Waals surface area contributed by atoms with Gasteiger partial charge in [0.2, 0.25) is 21.8 Å². The Morgan fingerprint density at radius 1 is 0.878 bits per heavy atom. The van der Waals surface area contributed by atoms with Gasteiger partial charge in [0.1, 0.15) is 11.9 Å². The van der Waals surface area contributed by atoms with Crippen molar-refractivity contribution < 1.29 is 22.4 Å². The highest BCUT2D eigenvalue weighted by Gasteiger charge is 2.30. The van der Waals surface area contributed by atoms with Crippen LogP contribution in [0, 0.1) is 11.7 Å². The molecule has 7 nitrogen and oxygen atoms in total. The summed E-state index contributed by atoms with van der Waals surface area (Å²) in [6.07, 6.45) is 1.63. The second-order valence-corrected chi connectivity index (χ2v) is 12.2. The van der Waals surface area contributed by atoms with Crippen molar-refractivity contribution in [3.63, 3.8) is 0 Å². The summed E-state index contributed by atoms with van der Waals surface area (Å²) in [4.78, 5) is 29.1. The normalized spacial score (nSPS) is 12.2. The maximum absolute atomic E-state index is 13.8. The molecule has 3 aromatic carbocycles. The molecule has 0 aliphatic rings. The van der Waals surface area contributed by atoms with Gasteiger partial charge < -0.3 is 10.2 Å². The number of nitrogens with zero attached hydrogens (tertiary/aromatic N) is 1. The van der Waals surface area contributed by atoms with Crippen molar-refractivity contribution in [3.8, 4) is 0 Å². The van der Waals surface area contributed by atoms with E-state index >= 15 is 0 Å². The Kier molecular flexibility index (Phi) is 12.0. The lowest BCUT2D eigenvalue weighted by Crippen LogP contribution is -2.50. The Bertz CT molecular complexity index is 1360. The first-order valence-corrected chi connectivity index (χ1v) is 15.5. The van der Waals surface area contributed by atoms with Crippen LogP contribution in [0.1, 0.15) is 50.3 Å². The van der Waals surface area contributed by atoms with Gasteiger partial charge in [0.05, 0.1) is 4.90 Å². The number of sulfonamides is 1. The predicted octanol–water partition coefficient (Wildman–Crippen LogP) is 4.86. The number of benzene rings is 3. The Labute approximate surface area is 243 Å². The fourth-order valence-electron chi connectivity index (χ4n) is 4.45. The fraction of sp³-hybridized carbons (Fsp3) is 0.375. The average Bonchev–Trinajstić information content (AvgIpc) is 2.95. The highest BCUT2D eigenvalue weighted by atomic mass is 32.2. The number of hydrogen-bond donors (Lipinski definition) is 2. The van der Waals surface area contributed by atoms with Gasteiger partial charge in [0.25, 0.3) is 0 Å². The maximum Gasteiger partial charge on any atom is 0.243 e. The molecule has 0 heterocycles. The zero-order valence-electron chi connectivity index (χ0n) is 24.0. The second kappa shape index (κ2) is 15.4. The smallest absolute Gasteiger partial charge is 0.243 e. The molecule has 220 valence electrons. The third-order valence-corrected chi connectivity index (χ3v) is 8.32. The molecule has 0 aromatic heterocycles. The van der Waals surface area contributed by atoms with E-state index in [1.807, 2.05) is 30.3 Å². The van der Waals surface area contributed by atoms with Crippen LogP contribution in [0.15, 0.2) is 83.8 Å². The van der Waals surface area contributed by atoms with E-state index in [0.29, 0.717) is 30.9 Å². The first-order valence-electron chi connectivity index (χ1n) is 14.0. The van der Waals surface area contributed by atoms with E-state index in [-0.39, 0.29) is 42.0 Å². The van der Waals surface area contributed by atoms with Gasteiger partial charge in [-0.3, -0.25) is 9.59 Å². The van der Waals surface area contributed by atoms with Crippen LogP contribution in [0.5, 0.6) is 0 Å². The Morgan fingerprint density at radius 3 is 2.12 bits per heavy atom. The largest absolute Gasteiger partial charge is 0.354 e. The van der Waals surface area contributed by atoms with Gasteiger partial charge in [0, 0.05) is 32.5 Å². The standard InChI is InChI=1S/C32H40FN3O4S/c1-4-35-41(39,40)29-17-12-25(13-18-29)14-19-31(37)36(23-27-10-15-28(33)16-11-27)30(22-26-8-6-5-7-9-26)32(38)34-21-20-24(2)3/h5-13,15-18,24,30,35H,4,14,19-23H2,1-3H3,(H,34,38)/t30-/m1/s1. The summed E-state index contributed by atoms with van der Waals surface area (Å²) >= 11 is 0. The molecule has 2 N–H and O–H groups in total. The summed E-state index contributed by atoms with van der Waals surface area (Å²) in [6, 6.07) is 21.1. The van der Waals surface area contributed by atoms with Crippen molar-refractivity contribution in [2.75, 3.05) is 13.1 Å². The number of aryl methyl sites for hydroxylation is 1. The molecule has 3 rings (SSSR count). The van der Waals surface area contributed by atoms with Gasteiger partial charge in [-0.1, -0.05) is 75.4 Å². The molecule has 0 spiro atoms. The molecule has 0 fully saturated rings. The Balaban J connectivity index is 1.85. The van der Waals surface area contributed by atoms with E-state index in [1.54, 1.807) is 36.1 Å². The third kappa shape index (κ3) is 10.1. The Hall–Kier alpha value is -3.56. The van der Waals surface area contributed by atoms with Gasteiger partial charge in [-0.2, -0.15) is 0 Å². The lowest BCUT2D eigenvalue weighted by atomic mass is 10.0. The Morgan fingerprint density at radius 2 is 1.51 bits per heavy atom. The first-order chi connectivity index (χ1) is 19.6. The molecular formula is C32H40FN3O4S. The number of amides is 2. The lowest BCUT2D eigenvalue weighted by Gasteiger charge is -2.32. The van der Waals surface area contributed by atoms with Crippen molar-refractivity contribution in [1.82, 2.24) is 14.9 Å². The van der Waals surface area contributed by atoms with E-state index in [9.17, 15) is 22.4 Å². The number of carbonyl (C=O) groups excluding carboxylic acids is 2. The molecule has 41 heavy (non-hydrogen) atoms. The van der Waals surface area contributed by atoms with Crippen molar-refractivity contribution in [3.05, 3.63) is 101 Å². The number of halogens is 1. The van der Waals surface area contributed by atoms with Crippen molar-refractivity contribution in [2.45, 2.75) is 63.9 Å². The molecule has 0 radical (unpaired) electrons. The van der Waals surface area contributed by atoms with E-state index in [0.717, 1.165) is 17.5 Å². The van der Waals surface area contributed by atoms with Crippen LogP contribution in [-0.2, 0) is 39.0 Å². The minimum absolute atomic E-state index is 0.116. The molecule has 0 aliphatic heterocycles. The summed E-state index contributed by atoms with van der Waals surface area (Å²) in [5.74, 6) is -0.418. The van der Waals surface area contributed by atoms with Crippen molar-refractivity contribution in [2.24, 2.45) is 5.92 Å². The van der Waals surface area contributed by atoms with Gasteiger partial charge in [0.15, 0.2) is 0 Å². The van der Waals surface area contributed by atoms with E-state index in [2.05, 4.69) is 23.9 Å². The van der Waals surface area contributed by atoms with Crippen LogP contribution >= 0.6 is 0 Å². The minimum atomic E-state index is -3.57. The van der Waals surface area contributed by atoms with Crippen LogP contribution in [0.4, 0.5) is 4.39 Å². The van der Waals surface area contributed by atoms with Crippen molar-refractivity contribution >= 4 is 21.8 Å². The minimum Gasteiger partial charge on any atom is -0.354 e. The monoisotopic (exact) mass is 581 g/mol. The van der Waals surface area contributed by atoms with Crippen LogP contribution in [0.25, 0.3) is 0 Å². The third-order valence-electron chi connectivity index (χ3n) is 6.75. The maximum atomic E-state index is 13.8. The zero-order chi connectivity index (χ0) is 29.8. The summed E-state index contributed by atoms with van der Waals surface area (Å²) < 4.78 is 40.6. The van der Waals surface area contributed by atoms with Gasteiger partial charge >= 0.3 is 0 Å². The highest BCUT2D eigenvalue weighted by molar-refractivity contribution is 7.89. The number of carbonyl (C=O) groups is 2. The molecule has 0 bridgehead atoms. The molecular weight excluding hydrogens is 541 g/mol. The van der Waals surface area contributed by atoms with E-state index < -0.39 is 16.1 Å². The molecule has 9 heteroatoms. The van der Waals surface area contributed by atoms with Crippen LogP contribution in [0.2, 0.25) is 0 Å². The quantitative estimate of drug-likeness (QED) is 0.268. The summed E-state index contributed by atoms with van der Waals surface area (Å²) in [6.45, 7) is 6.82. The topological polar surface area (TPSA) is 95.6 Å². The zero-order valence-corrected chi connectivity index (χ0v) is 24.8. The summed E-state index contributed by atoms with van der Waals surface area (Å²) in [5, 5.41) is 3.01. The SMILES string of the molecule is CCNS(=O)(=O)c1ccc(CCC(=O)N(Cc2ccc(F)cc2)[C@H](Cc2ccccc2)C(=O)NCCC(C)C)cc1. The van der Waals surface area contributed by atoms with E-state index in [1.165, 1.54) is 24.3 Å². The summed E-state index contributed by atoms with van der Waals surface area (Å²) in [5.41, 5.74) is 2.44. The molecule has 3 aromatic rings. The highest BCUT2D eigenvalue weighted by Crippen LogP contribution is 2.18. The number of hydrogen-bond acceptors (Lipinski definition) is 4. The molecule has 0 unspecified atom stereocenters. The lowest BCUT2D eigenvalue weighted by molar-refractivity contribution is -0.141. The van der Waals surface area contributed by atoms with Crippen LogP contribution in [0.3, 0.4) is 0 Å². The second-order valence-electron chi connectivity index (χ2n) is 10.5. The number of rotatable bonds is 15. The molecule has 0 saturated carbocycles. The van der Waals surface area contributed by atoms with Gasteiger partial charge in [-0.15, -0.1) is 0 Å². The molecule has 0 aliphatic carbocycles. The predicted molar refractivity (Wildman–Crippen MR) is 159 cm³/mol. The summed E-state index contributed by atoms with van der Waals surface area (Å²) in [7, 11) is -3.57. The first kappa shape index (κ1) is 32.0. The van der Waals surface area contributed by atoms with Crippen LogP contribution in [-0.4, -0.2) is 44.3 Å². The van der Waals surface area contributed by atoms with Gasteiger partial charge in [-0.05, 0) is 59.7 Å². The fourth-order valence-corrected chi connectivity index (χ4v) is 5.49. The molecule has 2 amide bonds. The van der Waals surface area contributed by atoms with E-state index in [4.69, 9.17) is 0 Å². The number of nitrogens with one attached hydrogen (secondary N) is 2. The van der Waals surface area contributed by atoms with Crippen LogP contribution < -0.4 is 10.0 Å². The molecule has 0 saturated heterocycles. The molecule has 1 atom stereocenters. The average molecular weight is 582 g/mol.